The lowest BCUT2D eigenvalue weighted by Gasteiger charge is -2.20. The molecular formula is C13H24N2O4. The Morgan fingerprint density at radius 1 is 1.37 bits per heavy atom. The molecule has 19 heavy (non-hydrogen) atoms. The van der Waals surface area contributed by atoms with Crippen LogP contribution in [0.15, 0.2) is 0 Å². The van der Waals surface area contributed by atoms with Crippen LogP contribution in [0.1, 0.15) is 39.0 Å². The second-order valence-corrected chi connectivity index (χ2v) is 4.82. The molecule has 1 fully saturated rings. The number of carboxylic acids is 1. The van der Waals surface area contributed by atoms with Gasteiger partial charge in [-0.25, -0.2) is 4.79 Å². The van der Waals surface area contributed by atoms with Crippen molar-refractivity contribution in [1.29, 1.82) is 0 Å². The molecule has 0 heterocycles. The van der Waals surface area contributed by atoms with Crippen molar-refractivity contribution < 1.29 is 19.4 Å². The van der Waals surface area contributed by atoms with Crippen LogP contribution in [0.25, 0.3) is 0 Å². The third kappa shape index (κ3) is 6.42. The zero-order valence-electron chi connectivity index (χ0n) is 11.6. The first-order chi connectivity index (χ1) is 9.13. The van der Waals surface area contributed by atoms with Crippen molar-refractivity contribution in [3.05, 3.63) is 0 Å². The van der Waals surface area contributed by atoms with E-state index in [0.717, 1.165) is 19.3 Å². The lowest BCUT2D eigenvalue weighted by atomic mass is 10.3. The van der Waals surface area contributed by atoms with Crippen LogP contribution in [-0.2, 0) is 9.53 Å². The lowest BCUT2D eigenvalue weighted by Crippen LogP contribution is -2.44. The van der Waals surface area contributed by atoms with E-state index in [9.17, 15) is 9.59 Å². The van der Waals surface area contributed by atoms with Gasteiger partial charge in [0.25, 0.3) is 0 Å². The predicted molar refractivity (Wildman–Crippen MR) is 71.1 cm³/mol. The third-order valence-electron chi connectivity index (χ3n) is 3.14. The Hall–Kier alpha value is -1.30. The number of aliphatic carboxylic acids is 1. The number of amides is 2. The van der Waals surface area contributed by atoms with Gasteiger partial charge in [0, 0.05) is 13.1 Å². The highest BCUT2D eigenvalue weighted by Gasteiger charge is 2.17. The summed E-state index contributed by atoms with van der Waals surface area (Å²) in [6, 6.07) is -0.334. The molecule has 0 atom stereocenters. The van der Waals surface area contributed by atoms with E-state index in [4.69, 9.17) is 9.84 Å². The van der Waals surface area contributed by atoms with Crippen LogP contribution in [0.4, 0.5) is 4.79 Å². The molecule has 110 valence electrons. The Balaban J connectivity index is 2.17. The maximum absolute atomic E-state index is 11.8. The molecule has 1 saturated carbocycles. The first-order valence-corrected chi connectivity index (χ1v) is 6.99. The van der Waals surface area contributed by atoms with Crippen molar-refractivity contribution in [1.82, 2.24) is 10.2 Å². The molecule has 2 amide bonds. The van der Waals surface area contributed by atoms with Crippen molar-refractivity contribution in [2.45, 2.75) is 45.1 Å². The molecule has 1 aliphatic rings. The molecule has 0 bridgehead atoms. The highest BCUT2D eigenvalue weighted by Crippen LogP contribution is 2.20. The fourth-order valence-corrected chi connectivity index (χ4v) is 2.24. The number of rotatable bonds is 8. The molecule has 0 aromatic carbocycles. The van der Waals surface area contributed by atoms with Gasteiger partial charge in [0.1, 0.15) is 6.54 Å². The second-order valence-electron chi connectivity index (χ2n) is 4.82. The van der Waals surface area contributed by atoms with E-state index in [2.05, 4.69) is 5.32 Å². The standard InChI is InChI=1S/C13H24N2O4/c1-2-8-15(10-12(16)17)13(18)14-7-9-19-11-5-3-4-6-11/h11H,2-10H2,1H3,(H,14,18)(H,16,17). The molecule has 0 aromatic heterocycles. The molecule has 0 aliphatic heterocycles. The van der Waals surface area contributed by atoms with E-state index < -0.39 is 5.97 Å². The average molecular weight is 272 g/mol. The summed E-state index contributed by atoms with van der Waals surface area (Å²) < 4.78 is 5.62. The second kappa shape index (κ2) is 8.74. The number of hydrogen-bond donors (Lipinski definition) is 2. The summed E-state index contributed by atoms with van der Waals surface area (Å²) in [6.45, 7) is 3.01. The minimum Gasteiger partial charge on any atom is -0.480 e. The van der Waals surface area contributed by atoms with Gasteiger partial charge in [0.15, 0.2) is 0 Å². The Kier molecular flexibility index (Phi) is 7.25. The Bertz CT molecular complexity index is 290. The summed E-state index contributed by atoms with van der Waals surface area (Å²) in [7, 11) is 0. The quantitative estimate of drug-likeness (QED) is 0.655. The molecule has 6 nitrogen and oxygen atoms in total. The van der Waals surface area contributed by atoms with E-state index in [-0.39, 0.29) is 12.6 Å². The molecule has 1 rings (SSSR count). The number of urea groups is 1. The van der Waals surface area contributed by atoms with Crippen LogP contribution in [0.2, 0.25) is 0 Å². The van der Waals surface area contributed by atoms with Gasteiger partial charge in [-0.05, 0) is 19.3 Å². The van der Waals surface area contributed by atoms with Crippen LogP contribution in [0.5, 0.6) is 0 Å². The summed E-state index contributed by atoms with van der Waals surface area (Å²) in [5.74, 6) is -0.995. The minimum absolute atomic E-state index is 0.261. The fraction of sp³-hybridized carbons (Fsp3) is 0.846. The molecule has 0 radical (unpaired) electrons. The smallest absolute Gasteiger partial charge is 0.323 e. The highest BCUT2D eigenvalue weighted by molar-refractivity contribution is 5.80. The number of carboxylic acid groups (broad SMARTS) is 1. The van der Waals surface area contributed by atoms with Crippen LogP contribution >= 0.6 is 0 Å². The maximum Gasteiger partial charge on any atom is 0.323 e. The number of carbonyl (C=O) groups excluding carboxylic acids is 1. The van der Waals surface area contributed by atoms with E-state index in [1.807, 2.05) is 6.92 Å². The average Bonchev–Trinajstić information content (AvgIpc) is 2.86. The predicted octanol–water partition coefficient (Wildman–Crippen LogP) is 1.45. The zero-order chi connectivity index (χ0) is 14.1. The van der Waals surface area contributed by atoms with Crippen molar-refractivity contribution in [2.75, 3.05) is 26.2 Å². The van der Waals surface area contributed by atoms with Gasteiger partial charge in [-0.3, -0.25) is 4.79 Å². The summed E-state index contributed by atoms with van der Waals surface area (Å²) in [5.41, 5.74) is 0. The molecule has 0 saturated heterocycles. The summed E-state index contributed by atoms with van der Waals surface area (Å²) in [5, 5.41) is 11.4. The zero-order valence-corrected chi connectivity index (χ0v) is 11.6. The van der Waals surface area contributed by atoms with Gasteiger partial charge < -0.3 is 20.1 Å². The Morgan fingerprint density at radius 2 is 2.05 bits per heavy atom. The van der Waals surface area contributed by atoms with Crippen molar-refractivity contribution in [3.8, 4) is 0 Å². The molecule has 0 spiro atoms. The van der Waals surface area contributed by atoms with Crippen LogP contribution in [0, 0.1) is 0 Å². The summed E-state index contributed by atoms with van der Waals surface area (Å²) in [6.07, 6.45) is 5.73. The normalized spacial score (nSPS) is 15.4. The molecule has 6 heteroatoms. The highest BCUT2D eigenvalue weighted by atomic mass is 16.5. The number of hydrogen-bond acceptors (Lipinski definition) is 3. The topological polar surface area (TPSA) is 78.9 Å². The largest absolute Gasteiger partial charge is 0.480 e. The van der Waals surface area contributed by atoms with Crippen molar-refractivity contribution >= 4 is 12.0 Å². The molecule has 0 unspecified atom stereocenters. The van der Waals surface area contributed by atoms with Gasteiger partial charge in [0.05, 0.1) is 12.7 Å². The van der Waals surface area contributed by atoms with Crippen LogP contribution in [0.3, 0.4) is 0 Å². The molecule has 1 aliphatic carbocycles. The SMILES string of the molecule is CCCN(CC(=O)O)C(=O)NCCOC1CCCC1. The minimum atomic E-state index is -0.995. The van der Waals surface area contributed by atoms with Gasteiger partial charge in [-0.15, -0.1) is 0 Å². The first-order valence-electron chi connectivity index (χ1n) is 6.99. The Morgan fingerprint density at radius 3 is 2.63 bits per heavy atom. The van der Waals surface area contributed by atoms with Gasteiger partial charge in [-0.1, -0.05) is 19.8 Å². The molecular weight excluding hydrogens is 248 g/mol. The first kappa shape index (κ1) is 15.8. The number of carbonyl (C=O) groups is 2. The number of nitrogens with zero attached hydrogens (tertiary/aromatic N) is 1. The lowest BCUT2D eigenvalue weighted by molar-refractivity contribution is -0.137. The van der Waals surface area contributed by atoms with Crippen molar-refractivity contribution in [2.24, 2.45) is 0 Å². The summed E-state index contributed by atoms with van der Waals surface area (Å²) >= 11 is 0. The van der Waals surface area contributed by atoms with E-state index >= 15 is 0 Å². The number of ether oxygens (including phenoxy) is 1. The third-order valence-corrected chi connectivity index (χ3v) is 3.14. The van der Waals surface area contributed by atoms with Crippen LogP contribution < -0.4 is 5.32 Å². The van der Waals surface area contributed by atoms with E-state index in [1.54, 1.807) is 0 Å². The summed E-state index contributed by atoms with van der Waals surface area (Å²) in [4.78, 5) is 23.7. The van der Waals surface area contributed by atoms with Crippen LogP contribution in [-0.4, -0.2) is 54.4 Å². The van der Waals surface area contributed by atoms with Gasteiger partial charge in [0.2, 0.25) is 0 Å². The van der Waals surface area contributed by atoms with Gasteiger partial charge in [-0.2, -0.15) is 0 Å². The molecule has 2 N–H and O–H groups in total. The maximum atomic E-state index is 11.8. The Labute approximate surface area is 114 Å². The van der Waals surface area contributed by atoms with E-state index in [1.165, 1.54) is 17.7 Å². The van der Waals surface area contributed by atoms with E-state index in [0.29, 0.717) is 25.8 Å². The fourth-order valence-electron chi connectivity index (χ4n) is 2.24. The molecule has 0 aromatic rings. The monoisotopic (exact) mass is 272 g/mol. The number of nitrogens with one attached hydrogen (secondary N) is 1. The van der Waals surface area contributed by atoms with Gasteiger partial charge >= 0.3 is 12.0 Å². The van der Waals surface area contributed by atoms with Crippen molar-refractivity contribution in [3.63, 3.8) is 0 Å².